The number of Topliss-reactive ketones (excluding diaryl/α,β-unsaturated/α-hetero) is 1. The summed E-state index contributed by atoms with van der Waals surface area (Å²) < 4.78 is 36.9. The van der Waals surface area contributed by atoms with Gasteiger partial charge in [0, 0.05) is 63.6 Å². The van der Waals surface area contributed by atoms with E-state index in [9.17, 15) is 4.79 Å². The quantitative estimate of drug-likeness (QED) is 0.0501. The van der Waals surface area contributed by atoms with Gasteiger partial charge in [-0.3, -0.25) is 4.79 Å². The largest absolute Gasteiger partial charge is 0.504 e. The molecule has 44 heavy (non-hydrogen) atoms. The average molecular weight is 663 g/mol. The lowest BCUT2D eigenvalue weighted by Gasteiger charge is -2.35. The lowest BCUT2D eigenvalue weighted by atomic mass is 10.0. The topological polar surface area (TPSA) is 72.5 Å². The Morgan fingerprint density at radius 3 is 0.909 bits per heavy atom. The van der Waals surface area contributed by atoms with Crippen LogP contribution in [0.1, 0.15) is 171 Å². The predicted octanol–water partition coefficient (Wildman–Crippen LogP) is 10.5. The first-order valence-corrected chi connectivity index (χ1v) is 22.3. The summed E-state index contributed by atoms with van der Waals surface area (Å²) in [6.45, 7) is 20.5. The molecule has 0 aromatic carbocycles. The van der Waals surface area contributed by atoms with Gasteiger partial charge in [0.25, 0.3) is 0 Å². The SMILES string of the molecule is CCO[Si](OCC)(OCC)C(CC)CCCCCCCCC(=O)CCCCCCCCC(CC)[Si](OCC)(OCC)OCC. The number of unbranched alkanes of at least 4 members (excludes halogenated alkanes) is 10. The van der Waals surface area contributed by atoms with Crippen molar-refractivity contribution in [1.82, 2.24) is 0 Å². The Bertz CT molecular complexity index is 567. The summed E-state index contributed by atoms with van der Waals surface area (Å²) in [5.41, 5.74) is 0.754. The van der Waals surface area contributed by atoms with E-state index in [2.05, 4.69) is 13.8 Å². The van der Waals surface area contributed by atoms with Crippen LogP contribution < -0.4 is 0 Å². The fraction of sp³-hybridized carbons (Fsp3) is 0.971. The molecule has 0 aliphatic carbocycles. The number of rotatable bonds is 34. The third kappa shape index (κ3) is 18.3. The average Bonchev–Trinajstić information content (AvgIpc) is 3.00. The second kappa shape index (κ2) is 29.0. The lowest BCUT2D eigenvalue weighted by molar-refractivity contribution is -0.119. The van der Waals surface area contributed by atoms with Gasteiger partial charge in [-0.1, -0.05) is 78.1 Å². The highest BCUT2D eigenvalue weighted by molar-refractivity contribution is 6.62. The molecule has 2 unspecified atom stereocenters. The molecule has 0 heterocycles. The molecule has 0 bridgehead atoms. The monoisotopic (exact) mass is 662 g/mol. The first-order valence-electron chi connectivity index (χ1n) is 18.7. The summed E-state index contributed by atoms with van der Waals surface area (Å²) in [4.78, 5) is 12.4. The first-order chi connectivity index (χ1) is 21.4. The number of carbonyl (C=O) groups is 1. The fourth-order valence-electron chi connectivity index (χ4n) is 6.39. The summed E-state index contributed by atoms with van der Waals surface area (Å²) >= 11 is 0. The van der Waals surface area contributed by atoms with Crippen molar-refractivity contribution in [3.63, 3.8) is 0 Å². The summed E-state index contributed by atoms with van der Waals surface area (Å²) in [5, 5.41) is 0. The highest BCUT2D eigenvalue weighted by Gasteiger charge is 2.48. The van der Waals surface area contributed by atoms with Gasteiger partial charge in [0.1, 0.15) is 5.78 Å². The van der Waals surface area contributed by atoms with Crippen molar-refractivity contribution < 1.29 is 31.4 Å². The normalized spacial score (nSPS) is 13.8. The van der Waals surface area contributed by atoms with Gasteiger partial charge in [-0.05, 0) is 80.1 Å². The van der Waals surface area contributed by atoms with E-state index in [4.69, 9.17) is 26.6 Å². The number of hydrogen-bond acceptors (Lipinski definition) is 7. The van der Waals surface area contributed by atoms with Gasteiger partial charge < -0.3 is 26.6 Å². The zero-order chi connectivity index (χ0) is 32.9. The van der Waals surface area contributed by atoms with E-state index in [1.807, 2.05) is 41.5 Å². The Labute approximate surface area is 275 Å². The highest BCUT2D eigenvalue weighted by Crippen LogP contribution is 2.35. The molecule has 0 aliphatic heterocycles. The Hall–Kier alpha value is -0.136. The molecular formula is C35H74O7Si2. The molecule has 0 saturated heterocycles. The van der Waals surface area contributed by atoms with Crippen molar-refractivity contribution in [2.75, 3.05) is 39.6 Å². The molecular weight excluding hydrogens is 589 g/mol. The maximum atomic E-state index is 12.4. The van der Waals surface area contributed by atoms with Crippen molar-refractivity contribution >= 4 is 23.4 Å². The Balaban J connectivity index is 4.02. The molecule has 0 spiro atoms. The van der Waals surface area contributed by atoms with E-state index in [1.54, 1.807) is 0 Å². The molecule has 0 amide bonds. The van der Waals surface area contributed by atoms with E-state index in [0.29, 0.717) is 56.5 Å². The molecule has 0 fully saturated rings. The molecule has 9 heteroatoms. The summed E-state index contributed by atoms with van der Waals surface area (Å²) in [5.74, 6) is 0.453. The molecule has 0 aliphatic rings. The molecule has 0 saturated carbocycles. The van der Waals surface area contributed by atoms with Crippen molar-refractivity contribution in [3.8, 4) is 0 Å². The zero-order valence-electron chi connectivity index (χ0n) is 30.5. The van der Waals surface area contributed by atoms with Crippen LogP contribution in [0.2, 0.25) is 11.1 Å². The van der Waals surface area contributed by atoms with Crippen molar-refractivity contribution in [1.29, 1.82) is 0 Å². The van der Waals surface area contributed by atoms with Crippen LogP contribution in [0.25, 0.3) is 0 Å². The zero-order valence-corrected chi connectivity index (χ0v) is 32.5. The van der Waals surface area contributed by atoms with Crippen LogP contribution in [-0.2, 0) is 31.4 Å². The Morgan fingerprint density at radius 2 is 0.659 bits per heavy atom. The summed E-state index contributed by atoms with van der Waals surface area (Å²) in [6.07, 6.45) is 20.0. The third-order valence-corrected chi connectivity index (χ3v) is 16.1. The molecule has 7 nitrogen and oxygen atoms in total. The Morgan fingerprint density at radius 1 is 0.409 bits per heavy atom. The van der Waals surface area contributed by atoms with Crippen LogP contribution in [0, 0.1) is 0 Å². The minimum atomic E-state index is -2.61. The molecule has 0 rings (SSSR count). The van der Waals surface area contributed by atoms with E-state index >= 15 is 0 Å². The van der Waals surface area contributed by atoms with Gasteiger partial charge in [-0.2, -0.15) is 0 Å². The smallest absolute Gasteiger partial charge is 0.374 e. The second-order valence-corrected chi connectivity index (χ2v) is 17.7. The van der Waals surface area contributed by atoms with Crippen LogP contribution in [0.5, 0.6) is 0 Å². The van der Waals surface area contributed by atoms with Crippen LogP contribution in [-0.4, -0.2) is 63.0 Å². The minimum Gasteiger partial charge on any atom is -0.374 e. The lowest BCUT2D eigenvalue weighted by Crippen LogP contribution is -2.50. The van der Waals surface area contributed by atoms with Crippen LogP contribution in [0.3, 0.4) is 0 Å². The van der Waals surface area contributed by atoms with Gasteiger partial charge in [0.05, 0.1) is 0 Å². The van der Waals surface area contributed by atoms with Crippen molar-refractivity contribution in [2.24, 2.45) is 0 Å². The van der Waals surface area contributed by atoms with Gasteiger partial charge in [0.15, 0.2) is 0 Å². The summed E-state index contributed by atoms with van der Waals surface area (Å²) in [6, 6.07) is 0. The molecule has 264 valence electrons. The number of ketones is 1. The van der Waals surface area contributed by atoms with Gasteiger partial charge in [-0.25, -0.2) is 0 Å². The molecule has 0 N–H and O–H groups in total. The van der Waals surface area contributed by atoms with Crippen molar-refractivity contribution in [2.45, 2.75) is 182 Å². The molecule has 0 radical (unpaired) electrons. The van der Waals surface area contributed by atoms with E-state index < -0.39 is 17.6 Å². The number of carbonyl (C=O) groups excluding carboxylic acids is 1. The van der Waals surface area contributed by atoms with E-state index in [0.717, 1.165) is 64.2 Å². The van der Waals surface area contributed by atoms with E-state index in [-0.39, 0.29) is 0 Å². The predicted molar refractivity (Wildman–Crippen MR) is 188 cm³/mol. The highest BCUT2D eigenvalue weighted by atomic mass is 28.4. The fourth-order valence-corrected chi connectivity index (χ4v) is 12.8. The van der Waals surface area contributed by atoms with Crippen LogP contribution in [0.4, 0.5) is 0 Å². The third-order valence-electron chi connectivity index (χ3n) is 8.58. The van der Waals surface area contributed by atoms with Gasteiger partial charge in [-0.15, -0.1) is 0 Å². The van der Waals surface area contributed by atoms with Crippen molar-refractivity contribution in [3.05, 3.63) is 0 Å². The minimum absolute atomic E-state index is 0.377. The summed E-state index contributed by atoms with van der Waals surface area (Å²) in [7, 11) is -5.22. The first kappa shape index (κ1) is 43.9. The van der Waals surface area contributed by atoms with Gasteiger partial charge >= 0.3 is 17.6 Å². The molecule has 0 aromatic heterocycles. The molecule has 2 atom stereocenters. The van der Waals surface area contributed by atoms with Gasteiger partial charge in [0.2, 0.25) is 0 Å². The van der Waals surface area contributed by atoms with Crippen LogP contribution in [0.15, 0.2) is 0 Å². The van der Waals surface area contributed by atoms with E-state index in [1.165, 1.54) is 51.4 Å². The standard InChI is InChI=1S/C35H74O7Si2/c1-9-34(43(37-11-3,38-12-4)39-13-5)31-27-23-19-17-21-25-29-33(36)30-26-22-18-20-24-28-32-35(10-2)44(40-14-6,41-15-7)42-16-8/h34-35H,9-32H2,1-8H3. The number of hydrogen-bond donors (Lipinski definition) is 0. The maximum Gasteiger partial charge on any atom is 0.504 e. The Kier molecular flexibility index (Phi) is 28.9. The maximum absolute atomic E-state index is 12.4. The molecule has 0 aromatic rings. The second-order valence-electron chi connectivity index (χ2n) is 11.9. The van der Waals surface area contributed by atoms with Crippen LogP contribution >= 0.6 is 0 Å².